The SMILES string of the molecule is CN(C(=O)OC(C)(C)C)c1cc2c(cn1)c(-c1cnn(C)c1)cn2[C@H]1CC[C@@H](Oc2ccc(=O)n(C)n2)CC1. The molecule has 1 fully saturated rings. The van der Waals surface area contributed by atoms with Gasteiger partial charge in [-0.1, -0.05) is 0 Å². The van der Waals surface area contributed by atoms with E-state index in [0.29, 0.717) is 11.7 Å². The Bertz CT molecular complexity index is 1550. The topological polar surface area (TPSA) is 109 Å². The molecule has 206 valence electrons. The summed E-state index contributed by atoms with van der Waals surface area (Å²) >= 11 is 0. The first-order valence-corrected chi connectivity index (χ1v) is 13.2. The number of carbonyl (C=O) groups is 1. The van der Waals surface area contributed by atoms with Crippen LogP contribution in [0.2, 0.25) is 0 Å². The smallest absolute Gasteiger partial charge is 0.415 e. The summed E-state index contributed by atoms with van der Waals surface area (Å²) in [6.45, 7) is 5.53. The van der Waals surface area contributed by atoms with Gasteiger partial charge in [-0.05, 0) is 46.5 Å². The van der Waals surface area contributed by atoms with E-state index in [-0.39, 0.29) is 17.7 Å². The number of hydrogen-bond acceptors (Lipinski definition) is 7. The highest BCUT2D eigenvalue weighted by Gasteiger charge is 2.27. The molecular weight excluding hydrogens is 498 g/mol. The monoisotopic (exact) mass is 533 g/mol. The number of nitrogens with zero attached hydrogens (tertiary/aromatic N) is 7. The maximum absolute atomic E-state index is 12.7. The zero-order valence-corrected chi connectivity index (χ0v) is 23.3. The largest absolute Gasteiger partial charge is 0.473 e. The Hall–Kier alpha value is -4.15. The molecule has 1 saturated carbocycles. The highest BCUT2D eigenvalue weighted by Crippen LogP contribution is 2.38. The summed E-state index contributed by atoms with van der Waals surface area (Å²) in [4.78, 5) is 30.4. The zero-order chi connectivity index (χ0) is 27.9. The standard InChI is InChI=1S/C28H35N7O4/c1-28(2,3)39-27(37)33(5)24-13-23-21(15-29-24)22(18-14-30-32(4)16-18)17-35(23)19-7-9-20(10-8-19)38-25-11-12-26(36)34(6)31-25/h11-17,19-20H,7-10H2,1-6H3/t19-,20+. The van der Waals surface area contributed by atoms with Crippen LogP contribution in [-0.4, -0.2) is 54.0 Å². The number of aromatic nitrogens is 6. The van der Waals surface area contributed by atoms with E-state index in [1.54, 1.807) is 24.8 Å². The molecule has 39 heavy (non-hydrogen) atoms. The molecule has 11 nitrogen and oxygen atoms in total. The van der Waals surface area contributed by atoms with E-state index in [1.165, 1.54) is 15.6 Å². The molecule has 0 N–H and O–H groups in total. The van der Waals surface area contributed by atoms with Gasteiger partial charge in [0, 0.05) is 80.5 Å². The lowest BCUT2D eigenvalue weighted by molar-refractivity contribution is 0.0588. The molecule has 0 aromatic carbocycles. The molecule has 5 rings (SSSR count). The summed E-state index contributed by atoms with van der Waals surface area (Å²) in [6.07, 6.45) is 10.9. The summed E-state index contributed by atoms with van der Waals surface area (Å²) in [5.74, 6) is 0.985. The molecule has 0 aliphatic heterocycles. The predicted octanol–water partition coefficient (Wildman–Crippen LogP) is 4.46. The molecular formula is C28H35N7O4. The van der Waals surface area contributed by atoms with E-state index in [0.717, 1.165) is 47.7 Å². The Labute approximate surface area is 227 Å². The number of rotatable bonds is 5. The molecule has 0 bridgehead atoms. The Kier molecular flexibility index (Phi) is 6.92. The Morgan fingerprint density at radius 3 is 2.46 bits per heavy atom. The fraction of sp³-hybridized carbons (Fsp3) is 0.464. The lowest BCUT2D eigenvalue weighted by atomic mass is 9.92. The van der Waals surface area contributed by atoms with Crippen molar-refractivity contribution in [1.29, 1.82) is 0 Å². The molecule has 4 heterocycles. The molecule has 4 aromatic rings. The van der Waals surface area contributed by atoms with E-state index in [4.69, 9.17) is 9.47 Å². The number of amides is 1. The molecule has 1 amide bonds. The van der Waals surface area contributed by atoms with Crippen LogP contribution in [0.25, 0.3) is 22.0 Å². The van der Waals surface area contributed by atoms with Crippen LogP contribution in [-0.2, 0) is 18.8 Å². The Morgan fingerprint density at radius 1 is 1.08 bits per heavy atom. The van der Waals surface area contributed by atoms with Gasteiger partial charge in [0.05, 0.1) is 11.7 Å². The number of hydrogen-bond donors (Lipinski definition) is 0. The van der Waals surface area contributed by atoms with E-state index in [9.17, 15) is 9.59 Å². The summed E-state index contributed by atoms with van der Waals surface area (Å²) in [5.41, 5.74) is 2.28. The van der Waals surface area contributed by atoms with Gasteiger partial charge in [0.2, 0.25) is 5.88 Å². The number of aryl methyl sites for hydroxylation is 2. The van der Waals surface area contributed by atoms with Crippen molar-refractivity contribution in [2.24, 2.45) is 14.1 Å². The highest BCUT2D eigenvalue weighted by atomic mass is 16.6. The molecule has 0 unspecified atom stereocenters. The van der Waals surface area contributed by atoms with Crippen LogP contribution in [0.15, 0.2) is 47.8 Å². The van der Waals surface area contributed by atoms with E-state index < -0.39 is 11.7 Å². The molecule has 0 radical (unpaired) electrons. The van der Waals surface area contributed by atoms with Gasteiger partial charge < -0.3 is 14.0 Å². The molecule has 0 atom stereocenters. The summed E-state index contributed by atoms with van der Waals surface area (Å²) in [7, 11) is 5.19. The minimum absolute atomic E-state index is 0.0291. The third-order valence-corrected chi connectivity index (χ3v) is 6.99. The average Bonchev–Trinajstić information content (AvgIpc) is 3.48. The fourth-order valence-electron chi connectivity index (χ4n) is 4.99. The Balaban J connectivity index is 1.43. The van der Waals surface area contributed by atoms with Crippen molar-refractivity contribution >= 4 is 22.8 Å². The summed E-state index contributed by atoms with van der Waals surface area (Å²) in [5, 5.41) is 9.56. The second-order valence-electron chi connectivity index (χ2n) is 11.1. The Morgan fingerprint density at radius 2 is 1.82 bits per heavy atom. The van der Waals surface area contributed by atoms with Crippen LogP contribution in [0, 0.1) is 0 Å². The van der Waals surface area contributed by atoms with Gasteiger partial charge in [0.15, 0.2) is 0 Å². The molecule has 0 saturated heterocycles. The lowest BCUT2D eigenvalue weighted by Crippen LogP contribution is -2.34. The number of fused-ring (bicyclic) bond motifs is 1. The zero-order valence-electron chi connectivity index (χ0n) is 23.3. The van der Waals surface area contributed by atoms with E-state index >= 15 is 0 Å². The number of carbonyl (C=O) groups excluding carboxylic acids is 1. The van der Waals surface area contributed by atoms with Crippen LogP contribution in [0.4, 0.5) is 10.6 Å². The minimum atomic E-state index is -0.603. The highest BCUT2D eigenvalue weighted by molar-refractivity contribution is 5.98. The van der Waals surface area contributed by atoms with Crippen molar-refractivity contribution in [1.82, 2.24) is 29.1 Å². The quantitative estimate of drug-likeness (QED) is 0.372. The van der Waals surface area contributed by atoms with Crippen molar-refractivity contribution in [3.63, 3.8) is 0 Å². The first kappa shape index (κ1) is 26.5. The molecule has 1 aliphatic carbocycles. The normalized spacial score (nSPS) is 17.8. The van der Waals surface area contributed by atoms with Crippen LogP contribution in [0.3, 0.4) is 0 Å². The van der Waals surface area contributed by atoms with Crippen LogP contribution in [0.1, 0.15) is 52.5 Å². The van der Waals surface area contributed by atoms with Crippen molar-refractivity contribution < 1.29 is 14.3 Å². The van der Waals surface area contributed by atoms with Gasteiger partial charge >= 0.3 is 6.09 Å². The van der Waals surface area contributed by atoms with Gasteiger partial charge in [0.25, 0.3) is 5.56 Å². The minimum Gasteiger partial charge on any atom is -0.473 e. The van der Waals surface area contributed by atoms with Gasteiger partial charge in [0.1, 0.15) is 17.5 Å². The number of ether oxygens (including phenoxy) is 2. The number of anilines is 1. The predicted molar refractivity (Wildman–Crippen MR) is 148 cm³/mol. The lowest BCUT2D eigenvalue weighted by Gasteiger charge is -2.30. The van der Waals surface area contributed by atoms with Crippen LogP contribution in [0.5, 0.6) is 5.88 Å². The first-order valence-electron chi connectivity index (χ1n) is 13.2. The van der Waals surface area contributed by atoms with Gasteiger partial charge in [-0.25, -0.2) is 14.5 Å². The van der Waals surface area contributed by atoms with Gasteiger partial charge in [-0.15, -0.1) is 5.10 Å². The third kappa shape index (κ3) is 5.67. The van der Waals surface area contributed by atoms with Crippen molar-refractivity contribution in [3.8, 4) is 17.0 Å². The number of pyridine rings is 1. The fourth-order valence-corrected chi connectivity index (χ4v) is 4.99. The average molecular weight is 534 g/mol. The van der Waals surface area contributed by atoms with Crippen molar-refractivity contribution in [3.05, 3.63) is 53.3 Å². The first-order chi connectivity index (χ1) is 18.5. The van der Waals surface area contributed by atoms with Crippen molar-refractivity contribution in [2.45, 2.75) is 64.2 Å². The third-order valence-electron chi connectivity index (χ3n) is 6.99. The maximum atomic E-state index is 12.7. The molecule has 0 spiro atoms. The molecule has 11 heteroatoms. The summed E-state index contributed by atoms with van der Waals surface area (Å²) in [6, 6.07) is 5.30. The second-order valence-corrected chi connectivity index (χ2v) is 11.1. The van der Waals surface area contributed by atoms with E-state index in [1.807, 2.05) is 52.5 Å². The van der Waals surface area contributed by atoms with Gasteiger partial charge in [-0.2, -0.15) is 5.10 Å². The molecule has 4 aromatic heterocycles. The molecule has 1 aliphatic rings. The van der Waals surface area contributed by atoms with Crippen molar-refractivity contribution in [2.75, 3.05) is 11.9 Å². The van der Waals surface area contributed by atoms with Crippen LogP contribution >= 0.6 is 0 Å². The van der Waals surface area contributed by atoms with Gasteiger partial charge in [-0.3, -0.25) is 14.4 Å². The van der Waals surface area contributed by atoms with E-state index in [2.05, 4.69) is 25.9 Å². The second kappa shape index (κ2) is 10.2. The van der Waals surface area contributed by atoms with Crippen LogP contribution < -0.4 is 15.2 Å². The maximum Gasteiger partial charge on any atom is 0.415 e. The summed E-state index contributed by atoms with van der Waals surface area (Å²) < 4.78 is 17.0.